The molecule has 30 nitrogen and oxygen atoms in total. The molecule has 3 atom stereocenters. The Hall–Kier alpha value is -13.5. The van der Waals surface area contributed by atoms with Crippen molar-refractivity contribution < 1.29 is 28.8 Å². The van der Waals surface area contributed by atoms with Gasteiger partial charge in [-0.2, -0.15) is 15.3 Å². The van der Waals surface area contributed by atoms with Gasteiger partial charge in [-0.15, -0.1) is 11.3 Å². The third kappa shape index (κ3) is 16.6. The lowest BCUT2D eigenvalue weighted by Gasteiger charge is -2.32. The van der Waals surface area contributed by atoms with Crippen LogP contribution >= 0.6 is 11.3 Å². The summed E-state index contributed by atoms with van der Waals surface area (Å²) in [4.78, 5) is 120. The first-order valence-electron chi connectivity index (χ1n) is 34.9. The maximum absolute atomic E-state index is 12.7. The Balaban J connectivity index is 0.000000152. The van der Waals surface area contributed by atoms with E-state index < -0.39 is 0 Å². The highest BCUT2D eigenvalue weighted by Gasteiger charge is 2.32. The normalized spacial score (nSPS) is 15.4. The van der Waals surface area contributed by atoms with E-state index in [2.05, 4.69) is 85.8 Å². The second kappa shape index (κ2) is 33.3. The quantitative estimate of drug-likeness (QED) is 0.0435. The van der Waals surface area contributed by atoms with Gasteiger partial charge in [0.05, 0.1) is 34.3 Å². The monoisotopic (exact) mass is 1480 g/mol. The number of amides is 6. The molecule has 554 valence electrons. The van der Waals surface area contributed by atoms with Crippen molar-refractivity contribution in [1.29, 1.82) is 0 Å². The van der Waals surface area contributed by atoms with E-state index in [1.165, 1.54) is 42.5 Å². The van der Waals surface area contributed by atoms with E-state index >= 15 is 0 Å². The van der Waals surface area contributed by atoms with E-state index in [-0.39, 0.29) is 61.0 Å². The minimum Gasteiger partial charge on any atom is -0.383 e. The van der Waals surface area contributed by atoms with Crippen molar-refractivity contribution in [2.45, 2.75) is 91.8 Å². The molecule has 0 bridgehead atoms. The fourth-order valence-corrected chi connectivity index (χ4v) is 14.0. The van der Waals surface area contributed by atoms with Gasteiger partial charge in [-0.1, -0.05) is 62.9 Å². The van der Waals surface area contributed by atoms with Gasteiger partial charge < -0.3 is 42.5 Å². The number of likely N-dealkylation sites (tertiary alicyclic amines) is 3. The third-order valence-electron chi connectivity index (χ3n) is 18.7. The summed E-state index contributed by atoms with van der Waals surface area (Å²) in [7, 11) is 0. The number of nitrogens with one attached hydrogen (secondary N) is 3. The molecule has 3 unspecified atom stereocenters. The number of thiazole rings is 1. The first-order valence-corrected chi connectivity index (χ1v) is 35.7. The summed E-state index contributed by atoms with van der Waals surface area (Å²) in [6, 6.07) is 28.5. The van der Waals surface area contributed by atoms with Crippen LogP contribution in [0.25, 0.3) is 66.9 Å². The lowest BCUT2D eigenvalue weighted by molar-refractivity contribution is -0.128. The first-order chi connectivity index (χ1) is 52.3. The van der Waals surface area contributed by atoms with Crippen molar-refractivity contribution in [3.63, 3.8) is 0 Å². The topological polar surface area (TPSA) is 396 Å². The summed E-state index contributed by atoms with van der Waals surface area (Å²) in [5.74, 6) is 6.12. The third-order valence-corrected chi connectivity index (χ3v) is 19.5. The molecular formula is C78H80N24O6S. The molecule has 0 radical (unpaired) electrons. The van der Waals surface area contributed by atoms with E-state index in [0.717, 1.165) is 71.2 Å². The number of hydrogen-bond donors (Lipinski definition) is 6. The zero-order valence-corrected chi connectivity index (χ0v) is 60.4. The number of benzene rings is 3. The number of nitrogen functional groups attached to an aromatic ring is 3. The molecule has 0 aliphatic carbocycles. The zero-order chi connectivity index (χ0) is 75.7. The van der Waals surface area contributed by atoms with Crippen LogP contribution in [0.15, 0.2) is 160 Å². The molecule has 9 aromatic heterocycles. The smallest absolute Gasteiger partial charge is 0.298 e. The molecule has 3 fully saturated rings. The van der Waals surface area contributed by atoms with Crippen LogP contribution in [0.1, 0.15) is 118 Å². The van der Waals surface area contributed by atoms with Crippen molar-refractivity contribution in [2.75, 3.05) is 72.4 Å². The second-order valence-corrected chi connectivity index (χ2v) is 27.3. The van der Waals surface area contributed by atoms with Crippen LogP contribution in [0.3, 0.4) is 0 Å². The maximum Gasteiger partial charge on any atom is 0.298 e. The van der Waals surface area contributed by atoms with Gasteiger partial charge in [0.25, 0.3) is 23.6 Å². The predicted octanol–water partition coefficient (Wildman–Crippen LogP) is 10.7. The Bertz CT molecular complexity index is 5510. The minimum absolute atomic E-state index is 0. The number of carbonyl (C=O) groups excluding carboxylic acids is 6. The number of aryl methyl sites for hydroxylation is 3. The van der Waals surface area contributed by atoms with Gasteiger partial charge in [-0.25, -0.2) is 58.9 Å². The Morgan fingerprint density at radius 2 is 0.844 bits per heavy atom. The van der Waals surface area contributed by atoms with Crippen LogP contribution < -0.4 is 33.2 Å². The zero-order valence-electron chi connectivity index (χ0n) is 59.6. The standard InChI is InChI=1S/C27H26N8O2.C26H26N8O2.C24H24N8O2S.CH4/c1-3-5-22(36)34-13-4-6-20(15-34)35-26-23(25(28)30-16-31-26)24(33-35)18-7-9-19(10-8-18)27(37)32-21-14-17(2)11-12-29-21;1-3-21(35)33-12-4-5-19(14-33)34-25-22(24(27)29-15-30-25)23(32-34)17-6-8-18(9-7-17)26(36)31-20-13-16(2)10-11-28-20;1-3-18(33)31-10-4-5-17(12-31)32-22-19(21(25)27-13-28-22)20(30-32)15-6-8-16(9-7-15)23(34)29-24-26-11-14(2)35-24;/h7-12,14,16,20H,4,6,13,15H2,1-2H3,(H2,28,30,31)(H,29,32,37);3,6-11,13,15,19H,1,4-5,12,14H2,2H3,(H2,27,29,30)(H,28,31,36);3,6-9,11,13,17H,1,4-5,10,12H2,2H3,(H2,25,27,28)(H,26,29,34);1H4. The Morgan fingerprint density at radius 3 is 1.18 bits per heavy atom. The van der Waals surface area contributed by atoms with E-state index in [4.69, 9.17) is 32.5 Å². The Labute approximate surface area is 631 Å². The van der Waals surface area contributed by atoms with Crippen LogP contribution in [-0.2, 0) is 14.4 Å². The number of nitrogens with zero attached hydrogens (tertiary/aromatic N) is 18. The average molecular weight is 1480 g/mol. The molecule has 0 saturated carbocycles. The molecule has 6 amide bonds. The number of carbonyl (C=O) groups is 6. The second-order valence-electron chi connectivity index (χ2n) is 26.1. The highest BCUT2D eigenvalue weighted by atomic mass is 32.1. The molecule has 9 N–H and O–H groups in total. The summed E-state index contributed by atoms with van der Waals surface area (Å²) in [5, 5.41) is 25.6. The Morgan fingerprint density at radius 1 is 0.486 bits per heavy atom. The number of fused-ring (bicyclic) bond motifs is 3. The summed E-state index contributed by atoms with van der Waals surface area (Å²) < 4.78 is 5.53. The van der Waals surface area contributed by atoms with Gasteiger partial charge in [0.15, 0.2) is 22.1 Å². The summed E-state index contributed by atoms with van der Waals surface area (Å²) in [6.07, 6.45) is 17.0. The van der Waals surface area contributed by atoms with Gasteiger partial charge in [0, 0.05) is 96.1 Å². The lowest BCUT2D eigenvalue weighted by Crippen LogP contribution is -2.40. The molecule has 3 aliphatic heterocycles. The number of pyridine rings is 2. The molecule has 3 aromatic carbocycles. The number of aromatic nitrogens is 15. The number of rotatable bonds is 14. The van der Waals surface area contributed by atoms with Crippen molar-refractivity contribution in [1.82, 2.24) is 88.9 Å². The van der Waals surface area contributed by atoms with Crippen molar-refractivity contribution in [3.8, 4) is 45.6 Å². The van der Waals surface area contributed by atoms with E-state index in [1.54, 1.807) is 76.6 Å². The van der Waals surface area contributed by atoms with Gasteiger partial charge in [0.1, 0.15) is 65.2 Å². The first kappa shape index (κ1) is 75.2. The Kier molecular flexibility index (Phi) is 23.0. The van der Waals surface area contributed by atoms with Crippen LogP contribution in [0.2, 0.25) is 0 Å². The predicted molar refractivity (Wildman–Crippen MR) is 419 cm³/mol. The highest BCUT2D eigenvalue weighted by Crippen LogP contribution is 2.38. The summed E-state index contributed by atoms with van der Waals surface area (Å²) in [6.45, 7) is 18.2. The number of hydrogen-bond acceptors (Lipinski definition) is 22. The minimum atomic E-state index is -0.259. The molecule has 109 heavy (non-hydrogen) atoms. The van der Waals surface area contributed by atoms with Gasteiger partial charge in [-0.05, 0) is 156 Å². The molecule has 12 heterocycles. The fraction of sp³-hybridized carbons (Fsp3) is 0.256. The van der Waals surface area contributed by atoms with Crippen molar-refractivity contribution in [3.05, 3.63) is 193 Å². The fourth-order valence-electron chi connectivity index (χ4n) is 13.4. The number of piperidine rings is 3. The van der Waals surface area contributed by atoms with Crippen LogP contribution in [-0.4, -0.2) is 164 Å². The van der Waals surface area contributed by atoms with E-state index in [1.807, 2.05) is 95.5 Å². The molecule has 3 saturated heterocycles. The molecular weight excluding hydrogens is 1400 g/mol. The SMILES string of the molecule is C.C=CC(=O)N1CCCC(n2nc(-c3ccc(C(=O)Nc4cc(C)ccn4)cc3)c3c(N)ncnc32)C1.C=CC(=O)N1CCCC(n2nc(-c3ccc(C(=O)Nc4ncc(C)s4)cc3)c3c(N)ncnc32)C1.CC#CC(=O)N1CCCC(n2nc(-c3ccc(C(=O)Nc4cc(C)ccn4)cc3)c3c(N)ncnc32)C1. The van der Waals surface area contributed by atoms with E-state index in [9.17, 15) is 28.8 Å². The lowest BCUT2D eigenvalue weighted by atomic mass is 10.1. The summed E-state index contributed by atoms with van der Waals surface area (Å²) in [5.41, 5.74) is 28.3. The largest absolute Gasteiger partial charge is 0.383 e. The van der Waals surface area contributed by atoms with Gasteiger partial charge in [-0.3, -0.25) is 34.1 Å². The molecule has 3 aliphatic rings. The molecule has 0 spiro atoms. The molecule has 12 aromatic rings. The van der Waals surface area contributed by atoms with Gasteiger partial charge >= 0.3 is 0 Å². The number of nitrogens with two attached hydrogens (primary N) is 3. The highest BCUT2D eigenvalue weighted by molar-refractivity contribution is 7.15. The molecule has 15 rings (SSSR count). The van der Waals surface area contributed by atoms with Crippen LogP contribution in [0, 0.1) is 32.6 Å². The number of anilines is 6. The van der Waals surface area contributed by atoms with Crippen LogP contribution in [0.4, 0.5) is 34.2 Å². The van der Waals surface area contributed by atoms with E-state index in [0.29, 0.717) is 140 Å². The van der Waals surface area contributed by atoms with Crippen molar-refractivity contribution >= 4 is 114 Å². The molecule has 31 heteroatoms. The van der Waals surface area contributed by atoms with Crippen molar-refractivity contribution in [2.24, 2.45) is 0 Å². The van der Waals surface area contributed by atoms with Gasteiger partial charge in [0.2, 0.25) is 11.8 Å². The summed E-state index contributed by atoms with van der Waals surface area (Å²) >= 11 is 1.42. The maximum atomic E-state index is 12.7. The van der Waals surface area contributed by atoms with Crippen LogP contribution in [0.5, 0.6) is 0 Å². The average Bonchev–Trinajstić information content (AvgIpc) is 1.63.